The number of esters is 1. The van der Waals surface area contributed by atoms with Gasteiger partial charge in [-0.15, -0.1) is 0 Å². The van der Waals surface area contributed by atoms with Gasteiger partial charge in [-0.2, -0.15) is 0 Å². The van der Waals surface area contributed by atoms with Gasteiger partial charge in [0.25, 0.3) is 0 Å². The Bertz CT molecular complexity index is 640. The smallest absolute Gasteiger partial charge is 0.312 e. The highest BCUT2D eigenvalue weighted by atomic mass is 16.5. The van der Waals surface area contributed by atoms with E-state index in [0.29, 0.717) is 29.0 Å². The minimum Gasteiger partial charge on any atom is -0.469 e. The third-order valence-electron chi connectivity index (χ3n) is 3.06. The van der Waals surface area contributed by atoms with Crippen LogP contribution in [0.1, 0.15) is 28.8 Å². The summed E-state index contributed by atoms with van der Waals surface area (Å²) in [7, 11) is 1.31. The predicted molar refractivity (Wildman–Crippen MR) is 76.6 cm³/mol. The number of rotatable bonds is 5. The molecule has 0 fully saturated rings. The van der Waals surface area contributed by atoms with Crippen molar-refractivity contribution >= 4 is 12.3 Å². The lowest BCUT2D eigenvalue weighted by atomic mass is 9.98. The lowest BCUT2D eigenvalue weighted by molar-refractivity contribution is -0.142. The minimum absolute atomic E-state index is 0.295. The van der Waals surface area contributed by atoms with E-state index in [9.17, 15) is 9.59 Å². The van der Waals surface area contributed by atoms with E-state index in [1.807, 2.05) is 18.2 Å². The largest absolute Gasteiger partial charge is 0.469 e. The molecule has 1 aromatic heterocycles. The first kappa shape index (κ1) is 14.7. The standard InChI is InChI=1S/C16H15NO4/c1-11(16(19)20-2)14-9-17-15(8-12(14)10-18)21-13-6-4-3-5-7-13/h3-11H,1-2H3. The van der Waals surface area contributed by atoms with Gasteiger partial charge in [0.05, 0.1) is 13.0 Å². The van der Waals surface area contributed by atoms with Crippen molar-refractivity contribution in [3.63, 3.8) is 0 Å². The van der Waals surface area contributed by atoms with Gasteiger partial charge in [0.1, 0.15) is 5.75 Å². The van der Waals surface area contributed by atoms with Gasteiger partial charge in [-0.1, -0.05) is 18.2 Å². The normalized spacial score (nSPS) is 11.5. The molecule has 0 saturated heterocycles. The van der Waals surface area contributed by atoms with Gasteiger partial charge in [0.15, 0.2) is 6.29 Å². The zero-order valence-corrected chi connectivity index (χ0v) is 11.8. The molecule has 0 aliphatic rings. The van der Waals surface area contributed by atoms with E-state index in [-0.39, 0.29) is 0 Å². The summed E-state index contributed by atoms with van der Waals surface area (Å²) in [5, 5.41) is 0. The fourth-order valence-electron chi connectivity index (χ4n) is 1.89. The van der Waals surface area contributed by atoms with Gasteiger partial charge in [0.2, 0.25) is 5.88 Å². The Morgan fingerprint density at radius 1 is 1.29 bits per heavy atom. The van der Waals surface area contributed by atoms with Crippen LogP contribution in [0.2, 0.25) is 0 Å². The highest BCUT2D eigenvalue weighted by Crippen LogP contribution is 2.25. The first-order valence-corrected chi connectivity index (χ1v) is 6.41. The summed E-state index contributed by atoms with van der Waals surface area (Å²) in [6.07, 6.45) is 2.14. The summed E-state index contributed by atoms with van der Waals surface area (Å²) >= 11 is 0. The van der Waals surface area contributed by atoms with Crippen molar-refractivity contribution in [1.82, 2.24) is 4.98 Å². The van der Waals surface area contributed by atoms with Crippen molar-refractivity contribution in [2.24, 2.45) is 0 Å². The maximum atomic E-state index is 11.6. The van der Waals surface area contributed by atoms with E-state index in [1.165, 1.54) is 19.4 Å². The molecule has 0 amide bonds. The van der Waals surface area contributed by atoms with E-state index in [0.717, 1.165) is 0 Å². The lowest BCUT2D eigenvalue weighted by Crippen LogP contribution is -2.13. The Balaban J connectivity index is 2.28. The molecule has 0 bridgehead atoms. The molecule has 0 aliphatic carbocycles. The molecule has 2 aromatic rings. The third kappa shape index (κ3) is 3.45. The molecule has 1 heterocycles. The molecule has 1 aromatic carbocycles. The highest BCUT2D eigenvalue weighted by Gasteiger charge is 2.20. The second-order valence-corrected chi connectivity index (χ2v) is 4.43. The average Bonchev–Trinajstić information content (AvgIpc) is 2.54. The maximum absolute atomic E-state index is 11.6. The Hall–Kier alpha value is -2.69. The fraction of sp³-hybridized carbons (Fsp3) is 0.188. The fourth-order valence-corrected chi connectivity index (χ4v) is 1.89. The second kappa shape index (κ2) is 6.65. The van der Waals surface area contributed by atoms with Gasteiger partial charge in [-0.3, -0.25) is 9.59 Å². The number of ether oxygens (including phenoxy) is 2. The van der Waals surface area contributed by atoms with Crippen LogP contribution < -0.4 is 4.74 Å². The predicted octanol–water partition coefficient (Wildman–Crippen LogP) is 2.96. The van der Waals surface area contributed by atoms with Gasteiger partial charge >= 0.3 is 5.97 Å². The van der Waals surface area contributed by atoms with Gasteiger partial charge in [-0.25, -0.2) is 4.98 Å². The lowest BCUT2D eigenvalue weighted by Gasteiger charge is -2.12. The third-order valence-corrected chi connectivity index (χ3v) is 3.06. The number of nitrogens with zero attached hydrogens (tertiary/aromatic N) is 1. The van der Waals surface area contributed by atoms with Crippen molar-refractivity contribution < 1.29 is 19.1 Å². The molecule has 0 aliphatic heterocycles. The number of carbonyl (C=O) groups is 2. The molecule has 1 unspecified atom stereocenters. The van der Waals surface area contributed by atoms with Crippen LogP contribution >= 0.6 is 0 Å². The Kier molecular flexibility index (Phi) is 4.66. The minimum atomic E-state index is -0.562. The van der Waals surface area contributed by atoms with Crippen LogP contribution in [-0.4, -0.2) is 24.3 Å². The first-order chi connectivity index (χ1) is 10.2. The topological polar surface area (TPSA) is 65.5 Å². The molecular weight excluding hydrogens is 270 g/mol. The van der Waals surface area contributed by atoms with E-state index in [4.69, 9.17) is 4.74 Å². The number of carbonyl (C=O) groups excluding carboxylic acids is 2. The van der Waals surface area contributed by atoms with E-state index < -0.39 is 11.9 Å². The van der Waals surface area contributed by atoms with E-state index in [2.05, 4.69) is 9.72 Å². The molecule has 2 rings (SSSR count). The summed E-state index contributed by atoms with van der Waals surface area (Å²) in [4.78, 5) is 26.9. The van der Waals surface area contributed by atoms with Gasteiger partial charge < -0.3 is 9.47 Å². The SMILES string of the molecule is COC(=O)C(C)c1cnc(Oc2ccccc2)cc1C=O. The number of methoxy groups -OCH3 is 1. The van der Waals surface area contributed by atoms with Crippen LogP contribution in [0.4, 0.5) is 0 Å². The van der Waals surface area contributed by atoms with Crippen LogP contribution in [0.25, 0.3) is 0 Å². The number of aromatic nitrogens is 1. The molecule has 0 saturated carbocycles. The average molecular weight is 285 g/mol. The Morgan fingerprint density at radius 2 is 2.00 bits per heavy atom. The van der Waals surface area contributed by atoms with Gasteiger partial charge in [0, 0.05) is 17.8 Å². The van der Waals surface area contributed by atoms with Crippen molar-refractivity contribution in [3.8, 4) is 11.6 Å². The maximum Gasteiger partial charge on any atom is 0.312 e. The number of aldehydes is 1. The molecule has 21 heavy (non-hydrogen) atoms. The molecule has 5 nitrogen and oxygen atoms in total. The molecule has 0 N–H and O–H groups in total. The van der Waals surface area contributed by atoms with Crippen LogP contribution in [0, 0.1) is 0 Å². The monoisotopic (exact) mass is 285 g/mol. The molecular formula is C16H15NO4. The number of hydrogen-bond acceptors (Lipinski definition) is 5. The Labute approximate surface area is 122 Å². The summed E-state index contributed by atoms with van der Waals surface area (Å²) in [6.45, 7) is 1.66. The van der Waals surface area contributed by atoms with Crippen LogP contribution in [0.5, 0.6) is 11.6 Å². The van der Waals surface area contributed by atoms with E-state index in [1.54, 1.807) is 19.1 Å². The van der Waals surface area contributed by atoms with E-state index >= 15 is 0 Å². The number of benzene rings is 1. The quantitative estimate of drug-likeness (QED) is 0.624. The van der Waals surface area contributed by atoms with Crippen molar-refractivity contribution in [1.29, 1.82) is 0 Å². The summed E-state index contributed by atoms with van der Waals surface area (Å²) < 4.78 is 10.2. The van der Waals surface area contributed by atoms with Crippen molar-refractivity contribution in [3.05, 3.63) is 53.7 Å². The van der Waals surface area contributed by atoms with Gasteiger partial charge in [-0.05, 0) is 24.6 Å². The second-order valence-electron chi connectivity index (χ2n) is 4.43. The number of para-hydroxylation sites is 1. The Morgan fingerprint density at radius 3 is 2.62 bits per heavy atom. The first-order valence-electron chi connectivity index (χ1n) is 6.41. The number of hydrogen-bond donors (Lipinski definition) is 0. The molecule has 0 spiro atoms. The van der Waals surface area contributed by atoms with Crippen molar-refractivity contribution in [2.75, 3.05) is 7.11 Å². The zero-order chi connectivity index (χ0) is 15.2. The summed E-state index contributed by atoms with van der Waals surface area (Å²) in [6, 6.07) is 10.6. The molecule has 0 radical (unpaired) electrons. The summed E-state index contributed by atoms with van der Waals surface area (Å²) in [5.74, 6) is -0.0650. The van der Waals surface area contributed by atoms with Crippen LogP contribution in [0.15, 0.2) is 42.6 Å². The molecule has 1 atom stereocenters. The number of pyridine rings is 1. The van der Waals surface area contributed by atoms with Crippen LogP contribution in [0.3, 0.4) is 0 Å². The molecule has 5 heteroatoms. The highest BCUT2D eigenvalue weighted by molar-refractivity contribution is 5.84. The zero-order valence-electron chi connectivity index (χ0n) is 11.8. The van der Waals surface area contributed by atoms with Crippen LogP contribution in [-0.2, 0) is 9.53 Å². The molecule has 108 valence electrons. The van der Waals surface area contributed by atoms with Crippen molar-refractivity contribution in [2.45, 2.75) is 12.8 Å². The summed E-state index contributed by atoms with van der Waals surface area (Å²) in [5.41, 5.74) is 0.867.